The molecule has 0 saturated heterocycles. The van der Waals surface area contributed by atoms with Crippen molar-refractivity contribution in [1.29, 1.82) is 0 Å². The van der Waals surface area contributed by atoms with Crippen LogP contribution < -0.4 is 10.5 Å². The second-order valence-corrected chi connectivity index (χ2v) is 5.21. The highest BCUT2D eigenvalue weighted by Crippen LogP contribution is 2.36. The molecular formula is C13H8Cl3N4O2-. The van der Waals surface area contributed by atoms with Gasteiger partial charge >= 0.3 is 0 Å². The molecule has 0 fully saturated rings. The van der Waals surface area contributed by atoms with Crippen molar-refractivity contribution >= 4 is 52.2 Å². The summed E-state index contributed by atoms with van der Waals surface area (Å²) >= 11 is 17.7. The number of carbonyl (C=O) groups excluding carboxylic acids is 1. The van der Waals surface area contributed by atoms with Crippen LogP contribution in [0.15, 0.2) is 29.6 Å². The van der Waals surface area contributed by atoms with Gasteiger partial charge in [-0.1, -0.05) is 40.9 Å². The van der Waals surface area contributed by atoms with Crippen LogP contribution in [0.4, 0.5) is 5.69 Å². The Hall–Kier alpha value is -1.89. The van der Waals surface area contributed by atoms with Gasteiger partial charge in [0, 0.05) is 18.0 Å². The Morgan fingerprint density at radius 3 is 2.64 bits per heavy atom. The van der Waals surface area contributed by atoms with E-state index in [4.69, 9.17) is 34.8 Å². The normalized spacial score (nSPS) is 11.4. The van der Waals surface area contributed by atoms with Crippen molar-refractivity contribution in [2.24, 2.45) is 5.10 Å². The van der Waals surface area contributed by atoms with Crippen LogP contribution in [-0.2, 0) is 0 Å². The van der Waals surface area contributed by atoms with Gasteiger partial charge in [-0.3, -0.25) is 10.4 Å². The lowest BCUT2D eigenvalue weighted by Gasteiger charge is -2.12. The predicted octanol–water partition coefficient (Wildman–Crippen LogP) is 2.64. The third-order valence-electron chi connectivity index (χ3n) is 2.65. The molecule has 0 saturated carbocycles. The van der Waals surface area contributed by atoms with Crippen molar-refractivity contribution in [3.05, 3.63) is 51.0 Å². The number of pyridine rings is 2. The molecule has 2 aromatic rings. The van der Waals surface area contributed by atoms with Crippen molar-refractivity contribution in [1.82, 2.24) is 9.97 Å². The first-order valence-electron chi connectivity index (χ1n) is 5.88. The van der Waals surface area contributed by atoms with Gasteiger partial charge in [-0.15, -0.1) is 0 Å². The maximum atomic E-state index is 11.0. The largest absolute Gasteiger partial charge is 0.543 e. The molecule has 2 rings (SSSR count). The fraction of sp³-hybridized carbons (Fsp3) is 0.0769. The highest BCUT2D eigenvalue weighted by atomic mass is 35.5. The monoisotopic (exact) mass is 357 g/mol. The molecule has 22 heavy (non-hydrogen) atoms. The summed E-state index contributed by atoms with van der Waals surface area (Å²) in [5.41, 5.74) is 3.46. The Kier molecular flexibility index (Phi) is 5.18. The molecule has 0 spiro atoms. The first-order chi connectivity index (χ1) is 10.4. The van der Waals surface area contributed by atoms with Crippen molar-refractivity contribution in [2.75, 3.05) is 5.43 Å². The summed E-state index contributed by atoms with van der Waals surface area (Å²) in [4.78, 5) is 18.5. The predicted molar refractivity (Wildman–Crippen MR) is 83.7 cm³/mol. The minimum Gasteiger partial charge on any atom is -0.543 e. The van der Waals surface area contributed by atoms with Crippen LogP contribution in [0.1, 0.15) is 23.0 Å². The number of halogens is 3. The summed E-state index contributed by atoms with van der Waals surface area (Å²) in [5.74, 6) is -1.57. The van der Waals surface area contributed by atoms with Crippen molar-refractivity contribution in [2.45, 2.75) is 6.92 Å². The molecule has 0 aliphatic carbocycles. The number of nitrogens with one attached hydrogen (secondary N) is 1. The van der Waals surface area contributed by atoms with E-state index in [1.54, 1.807) is 25.4 Å². The zero-order chi connectivity index (χ0) is 16.3. The van der Waals surface area contributed by atoms with Crippen LogP contribution in [0, 0.1) is 0 Å². The number of hydrogen-bond acceptors (Lipinski definition) is 6. The van der Waals surface area contributed by atoms with Crippen LogP contribution in [0.5, 0.6) is 0 Å². The van der Waals surface area contributed by atoms with Gasteiger partial charge in [0.1, 0.15) is 10.7 Å². The molecule has 2 aromatic heterocycles. The van der Waals surface area contributed by atoms with Crippen LogP contribution in [0.2, 0.25) is 15.2 Å². The summed E-state index contributed by atoms with van der Waals surface area (Å²) in [6.07, 6.45) is 3.25. The number of carbonyl (C=O) groups is 1. The van der Waals surface area contributed by atoms with Gasteiger partial charge < -0.3 is 9.90 Å². The number of anilines is 1. The Morgan fingerprint density at radius 1 is 1.32 bits per heavy atom. The van der Waals surface area contributed by atoms with Crippen molar-refractivity contribution < 1.29 is 9.90 Å². The van der Waals surface area contributed by atoms with Gasteiger partial charge in [0.2, 0.25) is 0 Å². The van der Waals surface area contributed by atoms with E-state index in [0.717, 1.165) is 5.56 Å². The van der Waals surface area contributed by atoms with Gasteiger partial charge in [-0.05, 0) is 13.0 Å². The Morgan fingerprint density at radius 2 is 2.05 bits per heavy atom. The van der Waals surface area contributed by atoms with E-state index >= 15 is 0 Å². The zero-order valence-corrected chi connectivity index (χ0v) is 13.4. The van der Waals surface area contributed by atoms with E-state index in [0.29, 0.717) is 5.71 Å². The molecule has 2 heterocycles. The fourth-order valence-electron chi connectivity index (χ4n) is 1.53. The third kappa shape index (κ3) is 3.47. The minimum atomic E-state index is -1.57. The second-order valence-electron chi connectivity index (χ2n) is 4.09. The number of aromatic nitrogens is 2. The average Bonchev–Trinajstić information content (AvgIpc) is 2.51. The quantitative estimate of drug-likeness (QED) is 0.515. The van der Waals surface area contributed by atoms with Gasteiger partial charge in [-0.25, -0.2) is 4.98 Å². The summed E-state index contributed by atoms with van der Waals surface area (Å²) in [6, 6.07) is 3.56. The summed E-state index contributed by atoms with van der Waals surface area (Å²) < 4.78 is 0. The Bertz CT molecular complexity index is 751. The molecule has 6 nitrogen and oxygen atoms in total. The van der Waals surface area contributed by atoms with Crippen LogP contribution >= 0.6 is 34.8 Å². The van der Waals surface area contributed by atoms with E-state index in [2.05, 4.69) is 20.5 Å². The molecule has 1 N–H and O–H groups in total. The van der Waals surface area contributed by atoms with Gasteiger partial charge in [-0.2, -0.15) is 5.10 Å². The fourth-order valence-corrected chi connectivity index (χ4v) is 2.19. The van der Waals surface area contributed by atoms with E-state index in [9.17, 15) is 9.90 Å². The molecule has 0 aliphatic heterocycles. The highest BCUT2D eigenvalue weighted by Gasteiger charge is 2.17. The minimum absolute atomic E-state index is 0.0331. The van der Waals surface area contributed by atoms with E-state index in [-0.39, 0.29) is 20.9 Å². The number of hydrazone groups is 1. The smallest absolute Gasteiger partial charge is 0.150 e. The molecule has 9 heteroatoms. The molecule has 0 radical (unpaired) electrons. The van der Waals surface area contributed by atoms with Gasteiger partial charge in [0.05, 0.1) is 22.4 Å². The molecule has 0 bridgehead atoms. The number of aromatic carboxylic acids is 1. The van der Waals surface area contributed by atoms with Gasteiger partial charge in [0.25, 0.3) is 0 Å². The van der Waals surface area contributed by atoms with E-state index in [1.807, 2.05) is 6.07 Å². The maximum Gasteiger partial charge on any atom is 0.150 e. The van der Waals surface area contributed by atoms with Crippen LogP contribution in [-0.4, -0.2) is 21.6 Å². The molecule has 0 atom stereocenters. The average molecular weight is 359 g/mol. The number of hydrogen-bond donors (Lipinski definition) is 1. The number of carboxylic acids is 1. The van der Waals surface area contributed by atoms with Crippen LogP contribution in [0.25, 0.3) is 0 Å². The third-order valence-corrected chi connectivity index (χ3v) is 3.75. The van der Waals surface area contributed by atoms with Gasteiger partial charge in [0.15, 0.2) is 5.15 Å². The van der Waals surface area contributed by atoms with E-state index in [1.165, 1.54) is 0 Å². The lowest BCUT2D eigenvalue weighted by molar-refractivity contribution is -0.255. The molecule has 0 unspecified atom stereocenters. The van der Waals surface area contributed by atoms with Crippen molar-refractivity contribution in [3.8, 4) is 0 Å². The topological polar surface area (TPSA) is 90.3 Å². The number of carboxylic acid groups (broad SMARTS) is 1. The molecule has 0 aliphatic rings. The first-order valence-corrected chi connectivity index (χ1v) is 7.01. The number of rotatable bonds is 4. The molecule has 114 valence electrons. The summed E-state index contributed by atoms with van der Waals surface area (Å²) in [5, 5.41) is 14.5. The second kappa shape index (κ2) is 6.91. The number of nitrogens with zero attached hydrogens (tertiary/aromatic N) is 3. The lowest BCUT2D eigenvalue weighted by atomic mass is 10.2. The first kappa shape index (κ1) is 16.5. The highest BCUT2D eigenvalue weighted by molar-refractivity contribution is 6.46. The maximum absolute atomic E-state index is 11.0. The Balaban J connectivity index is 2.40. The Labute approximate surface area is 140 Å². The lowest BCUT2D eigenvalue weighted by Crippen LogP contribution is -2.24. The molecule has 0 aromatic carbocycles. The zero-order valence-electron chi connectivity index (χ0n) is 11.1. The SMILES string of the molecule is C/C(=N/Nc1c(Cl)c(Cl)nc(C(=O)[O-])c1Cl)c1cccnc1. The van der Waals surface area contributed by atoms with E-state index < -0.39 is 11.7 Å². The molecule has 0 amide bonds. The summed E-state index contributed by atoms with van der Waals surface area (Å²) in [6.45, 7) is 1.73. The van der Waals surface area contributed by atoms with Crippen LogP contribution in [0.3, 0.4) is 0 Å². The standard InChI is InChI=1S/C13H9Cl3N4O2/c1-6(7-3-2-4-17-5-7)19-20-10-8(14)11(13(21)22)18-12(16)9(10)15/h2-5H,1H3,(H,18,20)(H,21,22)/p-1/b19-6-. The summed E-state index contributed by atoms with van der Waals surface area (Å²) in [7, 11) is 0. The molecular weight excluding hydrogens is 351 g/mol. The van der Waals surface area contributed by atoms with Crippen molar-refractivity contribution in [3.63, 3.8) is 0 Å².